The second-order valence-corrected chi connectivity index (χ2v) is 5.05. The molecule has 0 amide bonds. The molecule has 0 aromatic heterocycles. The summed E-state index contributed by atoms with van der Waals surface area (Å²) in [5.41, 5.74) is 5.80. The Morgan fingerprint density at radius 2 is 1.94 bits per heavy atom. The predicted molar refractivity (Wildman–Crippen MR) is 68.1 cm³/mol. The third kappa shape index (κ3) is 8.50. The van der Waals surface area contributed by atoms with Crippen LogP contribution in [-0.4, -0.2) is 22.8 Å². The largest absolute Gasteiger partial charge is 0.326 e. The number of hydrogen-bond acceptors (Lipinski definition) is 4. The normalized spacial score (nSPS) is 16.5. The fourth-order valence-corrected chi connectivity index (χ4v) is 2.27. The van der Waals surface area contributed by atoms with Crippen LogP contribution in [0.3, 0.4) is 0 Å². The van der Waals surface area contributed by atoms with E-state index in [2.05, 4.69) is 11.4 Å². The van der Waals surface area contributed by atoms with Crippen LogP contribution in [0.25, 0.3) is 0 Å². The molecule has 3 atom stereocenters. The van der Waals surface area contributed by atoms with E-state index in [-0.39, 0.29) is 5.78 Å². The van der Waals surface area contributed by atoms with Gasteiger partial charge in [-0.2, -0.15) is 0 Å². The van der Waals surface area contributed by atoms with Crippen molar-refractivity contribution in [3.63, 3.8) is 0 Å². The quantitative estimate of drug-likeness (QED) is 0.466. The summed E-state index contributed by atoms with van der Waals surface area (Å²) in [6.45, 7) is 3.47. The third-order valence-electron chi connectivity index (χ3n) is 2.66. The molecule has 3 unspecified atom stereocenters. The van der Waals surface area contributed by atoms with E-state index in [1.165, 1.54) is 19.8 Å². The molecular weight excluding hydrogens is 241 g/mol. The first-order chi connectivity index (χ1) is 7.99. The average molecular weight is 265 g/mol. The van der Waals surface area contributed by atoms with Gasteiger partial charge in [-0.25, -0.2) is 0 Å². The van der Waals surface area contributed by atoms with Crippen molar-refractivity contribution < 1.29 is 18.8 Å². The van der Waals surface area contributed by atoms with Crippen LogP contribution < -0.4 is 5.73 Å². The lowest BCUT2D eigenvalue weighted by molar-refractivity contribution is -0.124. The Morgan fingerprint density at radius 3 is 2.41 bits per heavy atom. The van der Waals surface area contributed by atoms with Gasteiger partial charge in [0.1, 0.15) is 6.10 Å². The van der Waals surface area contributed by atoms with Crippen LogP contribution in [0.4, 0.5) is 0 Å². The fraction of sp³-hybridized carbons (Fsp3) is 0.909. The van der Waals surface area contributed by atoms with Gasteiger partial charge >= 0.3 is 8.25 Å². The maximum Gasteiger partial charge on any atom is 0.317 e. The molecule has 0 rings (SSSR count). The van der Waals surface area contributed by atoms with Crippen LogP contribution >= 0.6 is 8.25 Å². The highest BCUT2D eigenvalue weighted by Gasteiger charge is 2.24. The smallest absolute Gasteiger partial charge is 0.317 e. The number of unbranched alkanes of at least 4 members (excludes halogenated alkanes) is 4. The predicted octanol–water partition coefficient (Wildman–Crippen LogP) is 2.03. The Balaban J connectivity index is 3.93. The molecule has 0 aliphatic carbocycles. The van der Waals surface area contributed by atoms with Gasteiger partial charge in [0, 0.05) is 6.04 Å². The maximum atomic E-state index is 11.2. The second kappa shape index (κ2) is 9.77. The van der Waals surface area contributed by atoms with Crippen molar-refractivity contribution in [2.45, 2.75) is 64.5 Å². The summed E-state index contributed by atoms with van der Waals surface area (Å²) < 4.78 is 15.3. The van der Waals surface area contributed by atoms with Crippen molar-refractivity contribution in [1.82, 2.24) is 0 Å². The molecule has 17 heavy (non-hydrogen) atoms. The molecule has 0 aromatic carbocycles. The van der Waals surface area contributed by atoms with Gasteiger partial charge in [0.25, 0.3) is 0 Å². The summed E-state index contributed by atoms with van der Waals surface area (Å²) in [5.74, 6) is -0.293. The highest BCUT2D eigenvalue weighted by Crippen LogP contribution is 2.22. The summed E-state index contributed by atoms with van der Waals surface area (Å²) in [6, 6.07) is -0.491. The molecule has 0 saturated carbocycles. The first kappa shape index (κ1) is 16.8. The monoisotopic (exact) mass is 265 g/mol. The summed E-state index contributed by atoms with van der Waals surface area (Å²) >= 11 is 0. The maximum absolute atomic E-state index is 11.2. The van der Waals surface area contributed by atoms with E-state index in [1.807, 2.05) is 0 Å². The molecule has 3 N–H and O–H groups in total. The van der Waals surface area contributed by atoms with Crippen molar-refractivity contribution in [3.05, 3.63) is 0 Å². The Morgan fingerprint density at radius 1 is 1.35 bits per heavy atom. The van der Waals surface area contributed by atoms with Crippen LogP contribution in [-0.2, 0) is 13.9 Å². The van der Waals surface area contributed by atoms with Crippen LogP contribution in [0.1, 0.15) is 52.4 Å². The first-order valence-electron chi connectivity index (χ1n) is 6.14. The number of ketones is 1. The number of nitrogens with two attached hydrogens (primary N) is 1. The highest BCUT2D eigenvalue weighted by atomic mass is 31.1. The van der Waals surface area contributed by atoms with Gasteiger partial charge in [-0.1, -0.05) is 39.0 Å². The van der Waals surface area contributed by atoms with Crippen LogP contribution in [0, 0.1) is 0 Å². The minimum absolute atomic E-state index is 0.293. The molecule has 0 aromatic rings. The Bertz CT molecular complexity index is 248. The van der Waals surface area contributed by atoms with E-state index >= 15 is 0 Å². The van der Waals surface area contributed by atoms with Crippen molar-refractivity contribution in [2.75, 3.05) is 0 Å². The van der Waals surface area contributed by atoms with Crippen LogP contribution in [0.5, 0.6) is 0 Å². The minimum atomic E-state index is -3.11. The van der Waals surface area contributed by atoms with E-state index in [0.29, 0.717) is 6.42 Å². The summed E-state index contributed by atoms with van der Waals surface area (Å²) in [4.78, 5) is 19.9. The Labute approximate surface area is 104 Å². The molecule has 0 saturated heterocycles. The molecule has 0 spiro atoms. The first-order valence-corrected chi connectivity index (χ1v) is 7.41. The lowest BCUT2D eigenvalue weighted by atomic mass is 10.0. The Hall–Kier alpha value is -0.220. The van der Waals surface area contributed by atoms with E-state index in [9.17, 15) is 9.36 Å². The summed E-state index contributed by atoms with van der Waals surface area (Å²) in [6.07, 6.45) is 5.22. The van der Waals surface area contributed by atoms with E-state index in [0.717, 1.165) is 19.3 Å². The molecule has 0 bridgehead atoms. The topological polar surface area (TPSA) is 89.6 Å². The van der Waals surface area contributed by atoms with Crippen LogP contribution in [0.15, 0.2) is 0 Å². The number of carbonyl (C=O) groups excluding carboxylic acids is 1. The van der Waals surface area contributed by atoms with Crippen molar-refractivity contribution >= 4 is 14.0 Å². The molecule has 6 heteroatoms. The van der Waals surface area contributed by atoms with E-state index in [4.69, 9.17) is 10.6 Å². The number of rotatable bonds is 10. The second-order valence-electron chi connectivity index (χ2n) is 4.28. The van der Waals surface area contributed by atoms with Crippen molar-refractivity contribution in [3.8, 4) is 0 Å². The van der Waals surface area contributed by atoms with E-state index in [1.54, 1.807) is 0 Å². The molecule has 0 aliphatic heterocycles. The van der Waals surface area contributed by atoms with Crippen LogP contribution in [0.2, 0.25) is 0 Å². The summed E-state index contributed by atoms with van der Waals surface area (Å²) in [7, 11) is -3.11. The average Bonchev–Trinajstić information content (AvgIpc) is 2.24. The van der Waals surface area contributed by atoms with Gasteiger partial charge in [0.15, 0.2) is 5.78 Å². The third-order valence-corrected chi connectivity index (χ3v) is 3.11. The van der Waals surface area contributed by atoms with Gasteiger partial charge in [-0.15, -0.1) is 0 Å². The van der Waals surface area contributed by atoms with Gasteiger partial charge < -0.3 is 10.6 Å². The number of hydrogen-bond donors (Lipinski definition) is 2. The summed E-state index contributed by atoms with van der Waals surface area (Å²) in [5, 5.41) is 0. The lowest BCUT2D eigenvalue weighted by Crippen LogP contribution is -2.40. The lowest BCUT2D eigenvalue weighted by Gasteiger charge is -2.20. The molecule has 5 nitrogen and oxygen atoms in total. The highest BCUT2D eigenvalue weighted by molar-refractivity contribution is 7.32. The van der Waals surface area contributed by atoms with Gasteiger partial charge in [-0.3, -0.25) is 13.9 Å². The molecule has 0 radical (unpaired) electrons. The number of Topliss-reactive ketones (excluding diaryl/α,β-unsaturated/α-hetero) is 1. The standard InChI is InChI=1S/C11H24NO4P/c1-3-4-5-6-7-8-10(12)11(9(2)13)16-17(14)15/h10-11,17H,3-8,12H2,1-2H3,(H,14,15). The zero-order chi connectivity index (χ0) is 13.3. The Kier molecular flexibility index (Phi) is 9.65. The van der Waals surface area contributed by atoms with Gasteiger partial charge in [-0.05, 0) is 13.3 Å². The van der Waals surface area contributed by atoms with Crippen molar-refractivity contribution in [1.29, 1.82) is 0 Å². The zero-order valence-corrected chi connectivity index (χ0v) is 11.6. The van der Waals surface area contributed by atoms with Gasteiger partial charge in [0.05, 0.1) is 0 Å². The zero-order valence-electron chi connectivity index (χ0n) is 10.6. The molecule has 0 aliphatic rings. The molecule has 102 valence electrons. The fourth-order valence-electron chi connectivity index (χ4n) is 1.72. The molecule has 0 heterocycles. The van der Waals surface area contributed by atoms with Crippen molar-refractivity contribution in [2.24, 2.45) is 5.73 Å². The SMILES string of the molecule is CCCCCCCC(N)C(O[PH](=O)O)C(C)=O. The molecular formula is C11H24NO4P. The number of carbonyl (C=O) groups is 1. The minimum Gasteiger partial charge on any atom is -0.326 e. The molecule has 0 fully saturated rings. The van der Waals surface area contributed by atoms with E-state index < -0.39 is 20.4 Å². The van der Waals surface area contributed by atoms with Gasteiger partial charge in [0.2, 0.25) is 0 Å².